The lowest BCUT2D eigenvalue weighted by Crippen LogP contribution is -2.51. The van der Waals surface area contributed by atoms with E-state index in [1.807, 2.05) is 39.0 Å². The molecule has 0 aliphatic carbocycles. The van der Waals surface area contributed by atoms with E-state index in [1.165, 1.54) is 0 Å². The maximum Gasteiger partial charge on any atom is 0.410 e. The molecule has 25 heavy (non-hydrogen) atoms. The van der Waals surface area contributed by atoms with Gasteiger partial charge >= 0.3 is 12.1 Å². The second kappa shape index (κ2) is 8.69. The molecule has 0 unspecified atom stereocenters. The van der Waals surface area contributed by atoms with Crippen LogP contribution in [0.15, 0.2) is 24.4 Å². The summed E-state index contributed by atoms with van der Waals surface area (Å²) in [7, 11) is 0. The van der Waals surface area contributed by atoms with Crippen LogP contribution in [0.3, 0.4) is 0 Å². The summed E-state index contributed by atoms with van der Waals surface area (Å²) in [4.78, 5) is 30.2. The predicted molar refractivity (Wildman–Crippen MR) is 95.1 cm³/mol. The van der Waals surface area contributed by atoms with Crippen molar-refractivity contribution in [3.8, 4) is 0 Å². The summed E-state index contributed by atoms with van der Waals surface area (Å²) in [5, 5.41) is 5.62. The molecule has 1 aromatic heterocycles. The van der Waals surface area contributed by atoms with Crippen molar-refractivity contribution in [1.29, 1.82) is 0 Å². The predicted octanol–water partition coefficient (Wildman–Crippen LogP) is 2.67. The molecule has 1 saturated heterocycles. The molecule has 1 aromatic rings. The van der Waals surface area contributed by atoms with Crippen molar-refractivity contribution in [3.05, 3.63) is 30.1 Å². The molecule has 2 N–H and O–H groups in total. The number of pyridine rings is 1. The van der Waals surface area contributed by atoms with Crippen LogP contribution in [0.2, 0.25) is 0 Å². The van der Waals surface area contributed by atoms with Crippen LogP contribution < -0.4 is 10.6 Å². The van der Waals surface area contributed by atoms with Gasteiger partial charge < -0.3 is 20.3 Å². The Labute approximate surface area is 149 Å². The molecule has 1 atom stereocenters. The summed E-state index contributed by atoms with van der Waals surface area (Å²) in [5.74, 6) is 0. The number of urea groups is 1. The van der Waals surface area contributed by atoms with Crippen LogP contribution in [0.25, 0.3) is 0 Å². The number of rotatable bonds is 4. The van der Waals surface area contributed by atoms with Crippen molar-refractivity contribution in [3.63, 3.8) is 0 Å². The monoisotopic (exact) mass is 348 g/mol. The number of hydrogen-bond donors (Lipinski definition) is 2. The second-order valence-corrected chi connectivity index (χ2v) is 7.21. The Morgan fingerprint density at radius 2 is 2.08 bits per heavy atom. The molecule has 138 valence electrons. The number of hydrogen-bond acceptors (Lipinski definition) is 4. The second-order valence-electron chi connectivity index (χ2n) is 7.21. The maximum absolute atomic E-state index is 12.3. The molecule has 1 aliphatic rings. The first-order valence-corrected chi connectivity index (χ1v) is 8.76. The minimum Gasteiger partial charge on any atom is -0.444 e. The van der Waals surface area contributed by atoms with E-state index in [0.29, 0.717) is 19.6 Å². The average Bonchev–Trinajstić information content (AvgIpc) is 2.58. The highest BCUT2D eigenvalue weighted by molar-refractivity contribution is 5.74. The molecule has 0 saturated carbocycles. The Morgan fingerprint density at radius 3 is 2.76 bits per heavy atom. The topological polar surface area (TPSA) is 83.6 Å². The Kier molecular flexibility index (Phi) is 6.61. The maximum atomic E-state index is 12.3. The van der Waals surface area contributed by atoms with Gasteiger partial charge in [-0.25, -0.2) is 9.59 Å². The van der Waals surface area contributed by atoms with Gasteiger partial charge in [0.1, 0.15) is 5.60 Å². The Balaban J connectivity index is 1.80. The van der Waals surface area contributed by atoms with Crippen molar-refractivity contribution in [2.75, 3.05) is 13.1 Å². The van der Waals surface area contributed by atoms with Crippen LogP contribution in [0.5, 0.6) is 0 Å². The van der Waals surface area contributed by atoms with Crippen LogP contribution in [0.1, 0.15) is 45.7 Å². The van der Waals surface area contributed by atoms with Crippen LogP contribution in [-0.2, 0) is 11.3 Å². The third kappa shape index (κ3) is 6.60. The van der Waals surface area contributed by atoms with Gasteiger partial charge in [-0.15, -0.1) is 0 Å². The molecule has 7 heteroatoms. The van der Waals surface area contributed by atoms with Crippen molar-refractivity contribution < 1.29 is 14.3 Å². The molecule has 0 aromatic carbocycles. The largest absolute Gasteiger partial charge is 0.444 e. The van der Waals surface area contributed by atoms with Gasteiger partial charge in [0.2, 0.25) is 0 Å². The van der Waals surface area contributed by atoms with Gasteiger partial charge in [0, 0.05) is 19.3 Å². The molecular weight excluding hydrogens is 320 g/mol. The zero-order valence-corrected chi connectivity index (χ0v) is 15.2. The molecule has 0 spiro atoms. The molecule has 2 heterocycles. The lowest BCUT2D eigenvalue weighted by molar-refractivity contribution is 0.0102. The normalized spacial score (nSPS) is 17.7. The van der Waals surface area contributed by atoms with E-state index in [1.54, 1.807) is 11.1 Å². The highest BCUT2D eigenvalue weighted by Crippen LogP contribution is 2.20. The molecule has 1 fully saturated rings. The van der Waals surface area contributed by atoms with E-state index in [0.717, 1.165) is 25.0 Å². The van der Waals surface area contributed by atoms with Crippen LogP contribution in [0, 0.1) is 0 Å². The summed E-state index contributed by atoms with van der Waals surface area (Å²) in [6.07, 6.45) is 4.24. The van der Waals surface area contributed by atoms with E-state index in [-0.39, 0.29) is 18.2 Å². The minimum atomic E-state index is -0.521. The van der Waals surface area contributed by atoms with Gasteiger partial charge in [-0.1, -0.05) is 6.07 Å². The number of aromatic nitrogens is 1. The van der Waals surface area contributed by atoms with Crippen molar-refractivity contribution in [2.45, 2.75) is 58.2 Å². The lowest BCUT2D eigenvalue weighted by Gasteiger charge is -2.36. The fourth-order valence-electron chi connectivity index (χ4n) is 2.72. The summed E-state index contributed by atoms with van der Waals surface area (Å²) in [6, 6.07) is 5.26. The van der Waals surface area contributed by atoms with Crippen LogP contribution in [0.4, 0.5) is 9.59 Å². The van der Waals surface area contributed by atoms with E-state index in [9.17, 15) is 9.59 Å². The van der Waals surface area contributed by atoms with Gasteiger partial charge in [-0.2, -0.15) is 0 Å². The van der Waals surface area contributed by atoms with Crippen molar-refractivity contribution in [1.82, 2.24) is 20.5 Å². The molecule has 0 bridgehead atoms. The Bertz CT molecular complexity index is 571. The standard InChI is InChI=1S/C18H28N4O3/c1-18(2,3)25-17(24)22-11-7-5-9-15(22)13-21-16(23)20-12-14-8-4-6-10-19-14/h4,6,8,10,15H,5,7,9,11-13H2,1-3H3,(H2,20,21,23)/t15-/m1/s1. The smallest absolute Gasteiger partial charge is 0.410 e. The molecule has 3 amide bonds. The summed E-state index contributed by atoms with van der Waals surface area (Å²) < 4.78 is 5.47. The quantitative estimate of drug-likeness (QED) is 0.876. The fourth-order valence-corrected chi connectivity index (χ4v) is 2.72. The number of likely N-dealkylation sites (tertiary alicyclic amines) is 1. The number of carbonyl (C=O) groups is 2. The first kappa shape index (κ1) is 19.0. The van der Waals surface area contributed by atoms with Crippen molar-refractivity contribution in [2.24, 2.45) is 0 Å². The molecule has 0 radical (unpaired) electrons. The van der Waals surface area contributed by atoms with Gasteiger partial charge in [-0.3, -0.25) is 4.98 Å². The van der Waals surface area contributed by atoms with E-state index in [2.05, 4.69) is 15.6 Å². The zero-order valence-electron chi connectivity index (χ0n) is 15.2. The van der Waals surface area contributed by atoms with Crippen LogP contribution >= 0.6 is 0 Å². The third-order valence-corrected chi connectivity index (χ3v) is 3.91. The number of amides is 3. The summed E-state index contributed by atoms with van der Waals surface area (Å²) in [6.45, 7) is 7.00. The SMILES string of the molecule is CC(C)(C)OC(=O)N1CCCC[C@@H]1CNC(=O)NCc1ccccn1. The van der Waals surface area contributed by atoms with Gasteiger partial charge in [0.05, 0.1) is 18.3 Å². The fraction of sp³-hybridized carbons (Fsp3) is 0.611. The average molecular weight is 348 g/mol. The lowest BCUT2D eigenvalue weighted by atomic mass is 10.0. The number of nitrogens with zero attached hydrogens (tertiary/aromatic N) is 2. The number of ether oxygens (including phenoxy) is 1. The van der Waals surface area contributed by atoms with E-state index in [4.69, 9.17) is 4.74 Å². The van der Waals surface area contributed by atoms with E-state index < -0.39 is 5.60 Å². The zero-order chi connectivity index (χ0) is 18.3. The van der Waals surface area contributed by atoms with Crippen molar-refractivity contribution >= 4 is 12.1 Å². The number of nitrogens with one attached hydrogen (secondary N) is 2. The number of carbonyl (C=O) groups excluding carboxylic acids is 2. The highest BCUT2D eigenvalue weighted by Gasteiger charge is 2.30. The summed E-state index contributed by atoms with van der Waals surface area (Å²) >= 11 is 0. The van der Waals surface area contributed by atoms with E-state index >= 15 is 0 Å². The van der Waals surface area contributed by atoms with Gasteiger partial charge in [0.25, 0.3) is 0 Å². The van der Waals surface area contributed by atoms with Crippen LogP contribution in [-0.4, -0.2) is 46.7 Å². The minimum absolute atomic E-state index is 0.0378. The molecule has 2 rings (SSSR count). The highest BCUT2D eigenvalue weighted by atomic mass is 16.6. The third-order valence-electron chi connectivity index (χ3n) is 3.91. The number of piperidine rings is 1. The Hall–Kier alpha value is -2.31. The molecule has 7 nitrogen and oxygen atoms in total. The molecule has 1 aliphatic heterocycles. The first-order valence-electron chi connectivity index (χ1n) is 8.76. The molecular formula is C18H28N4O3. The Morgan fingerprint density at radius 1 is 1.28 bits per heavy atom. The van der Waals surface area contributed by atoms with Gasteiger partial charge in [-0.05, 0) is 52.2 Å². The summed E-state index contributed by atoms with van der Waals surface area (Å²) in [5.41, 5.74) is 0.276. The van der Waals surface area contributed by atoms with Gasteiger partial charge in [0.15, 0.2) is 0 Å². The first-order chi connectivity index (χ1) is 11.8.